The van der Waals surface area contributed by atoms with E-state index in [4.69, 9.17) is 11.6 Å². The van der Waals surface area contributed by atoms with Gasteiger partial charge >= 0.3 is 0 Å². The molecule has 0 spiro atoms. The molecule has 4 nitrogen and oxygen atoms in total. The van der Waals surface area contributed by atoms with E-state index >= 15 is 0 Å². The van der Waals surface area contributed by atoms with Crippen LogP contribution in [0, 0.1) is 5.92 Å². The number of aromatic nitrogens is 2. The van der Waals surface area contributed by atoms with E-state index in [0.29, 0.717) is 22.2 Å². The number of para-hydroxylation sites is 1. The predicted molar refractivity (Wildman–Crippen MR) is 101 cm³/mol. The molecule has 0 bridgehead atoms. The predicted octanol–water partition coefficient (Wildman–Crippen LogP) is 4.80. The van der Waals surface area contributed by atoms with Gasteiger partial charge in [0.15, 0.2) is 0 Å². The lowest BCUT2D eigenvalue weighted by Gasteiger charge is -2.20. The number of benzene rings is 1. The van der Waals surface area contributed by atoms with Crippen LogP contribution < -0.4 is 5.32 Å². The number of fused-ring (bicyclic) bond motifs is 1. The Hall–Kier alpha value is -2.46. The van der Waals surface area contributed by atoms with Crippen molar-refractivity contribution in [1.29, 1.82) is 0 Å². The molecule has 1 amide bonds. The Morgan fingerprint density at radius 1 is 1.16 bits per heavy atom. The van der Waals surface area contributed by atoms with Gasteiger partial charge in [0.1, 0.15) is 5.69 Å². The van der Waals surface area contributed by atoms with Crippen molar-refractivity contribution in [1.82, 2.24) is 15.3 Å². The van der Waals surface area contributed by atoms with Crippen molar-refractivity contribution < 1.29 is 4.79 Å². The summed E-state index contributed by atoms with van der Waals surface area (Å²) in [5.41, 5.74) is 1.99. The fraction of sp³-hybridized carbons (Fsp3) is 0.250. The number of halogens is 1. The number of rotatable bonds is 5. The normalized spacial score (nSPS) is 12.3. The smallest absolute Gasteiger partial charge is 0.270 e. The second kappa shape index (κ2) is 7.62. The van der Waals surface area contributed by atoms with Crippen molar-refractivity contribution in [3.8, 4) is 0 Å². The van der Waals surface area contributed by atoms with E-state index in [2.05, 4.69) is 29.1 Å². The van der Waals surface area contributed by atoms with Crippen molar-refractivity contribution in [2.24, 2.45) is 5.92 Å². The summed E-state index contributed by atoms with van der Waals surface area (Å²) in [6.45, 7) is 4.26. The fourth-order valence-electron chi connectivity index (χ4n) is 2.80. The minimum atomic E-state index is -0.212. The molecule has 1 atom stereocenters. The number of amides is 1. The van der Waals surface area contributed by atoms with Crippen molar-refractivity contribution >= 4 is 28.4 Å². The highest BCUT2D eigenvalue weighted by molar-refractivity contribution is 6.35. The topological polar surface area (TPSA) is 54.9 Å². The summed E-state index contributed by atoms with van der Waals surface area (Å²) < 4.78 is 0. The number of carbonyl (C=O) groups excluding carboxylic acids is 1. The molecule has 5 heteroatoms. The molecule has 1 N–H and O–H groups in total. The van der Waals surface area contributed by atoms with Crippen LogP contribution in [0.25, 0.3) is 10.9 Å². The van der Waals surface area contributed by atoms with Crippen LogP contribution in [0.3, 0.4) is 0 Å². The van der Waals surface area contributed by atoms with Crippen LogP contribution in [0.15, 0.2) is 54.9 Å². The van der Waals surface area contributed by atoms with E-state index < -0.39 is 0 Å². The lowest BCUT2D eigenvalue weighted by Crippen LogP contribution is -2.30. The molecule has 1 aromatic carbocycles. The molecule has 0 aliphatic rings. The van der Waals surface area contributed by atoms with E-state index in [1.54, 1.807) is 24.5 Å². The van der Waals surface area contributed by atoms with Gasteiger partial charge in [0.2, 0.25) is 0 Å². The summed E-state index contributed by atoms with van der Waals surface area (Å²) in [5, 5.41) is 4.53. The number of nitrogens with zero attached hydrogens (tertiary/aromatic N) is 2. The molecule has 25 heavy (non-hydrogen) atoms. The minimum Gasteiger partial charge on any atom is -0.344 e. The molecule has 0 fully saturated rings. The van der Waals surface area contributed by atoms with Gasteiger partial charge in [-0.2, -0.15) is 0 Å². The first-order chi connectivity index (χ1) is 12.0. The van der Waals surface area contributed by atoms with Gasteiger partial charge in [-0.15, -0.1) is 0 Å². The van der Waals surface area contributed by atoms with Gasteiger partial charge in [-0.3, -0.25) is 9.78 Å². The highest BCUT2D eigenvalue weighted by Crippen LogP contribution is 2.23. The van der Waals surface area contributed by atoms with Crippen molar-refractivity contribution in [3.63, 3.8) is 0 Å². The Labute approximate surface area is 152 Å². The zero-order valence-corrected chi connectivity index (χ0v) is 15.0. The summed E-state index contributed by atoms with van der Waals surface area (Å²) in [5.74, 6) is 0.223. The molecule has 0 radical (unpaired) electrons. The second-order valence-corrected chi connectivity index (χ2v) is 6.86. The Balaban J connectivity index is 1.87. The molecule has 2 aromatic heterocycles. The molecule has 0 saturated carbocycles. The molecular formula is C20H20ClN3O. The third kappa shape index (κ3) is 4.15. The first kappa shape index (κ1) is 17.4. The molecule has 3 aromatic rings. The molecule has 3 rings (SSSR count). The number of hydrogen-bond acceptors (Lipinski definition) is 3. The lowest BCUT2D eigenvalue weighted by molar-refractivity contribution is 0.0927. The lowest BCUT2D eigenvalue weighted by atomic mass is 9.98. The minimum absolute atomic E-state index is 0.107. The van der Waals surface area contributed by atoms with Gasteiger partial charge in [0.25, 0.3) is 5.91 Å². The third-order valence-electron chi connectivity index (χ3n) is 4.00. The Morgan fingerprint density at radius 2 is 2.00 bits per heavy atom. The van der Waals surface area contributed by atoms with Gasteiger partial charge in [-0.25, -0.2) is 4.98 Å². The van der Waals surface area contributed by atoms with Crippen LogP contribution in [0.2, 0.25) is 5.02 Å². The summed E-state index contributed by atoms with van der Waals surface area (Å²) in [6, 6.07) is 12.9. The zero-order valence-electron chi connectivity index (χ0n) is 14.2. The number of nitrogens with one attached hydrogen (secondary N) is 1. The molecule has 2 heterocycles. The van der Waals surface area contributed by atoms with E-state index in [0.717, 1.165) is 17.4 Å². The monoisotopic (exact) mass is 353 g/mol. The molecule has 1 unspecified atom stereocenters. The van der Waals surface area contributed by atoms with Crippen molar-refractivity contribution in [2.75, 3.05) is 0 Å². The maximum Gasteiger partial charge on any atom is 0.270 e. The summed E-state index contributed by atoms with van der Waals surface area (Å²) >= 11 is 6.20. The molecule has 0 saturated heterocycles. The third-order valence-corrected chi connectivity index (χ3v) is 4.31. The van der Waals surface area contributed by atoms with Crippen LogP contribution in [0.1, 0.15) is 42.4 Å². The number of hydrogen-bond donors (Lipinski definition) is 1. The Kier molecular flexibility index (Phi) is 5.29. The zero-order chi connectivity index (χ0) is 17.8. The van der Waals surface area contributed by atoms with Crippen LogP contribution in [0.5, 0.6) is 0 Å². The highest BCUT2D eigenvalue weighted by Gasteiger charge is 2.18. The first-order valence-corrected chi connectivity index (χ1v) is 8.68. The van der Waals surface area contributed by atoms with Gasteiger partial charge in [-0.05, 0) is 36.1 Å². The number of carbonyl (C=O) groups is 1. The molecular weight excluding hydrogens is 334 g/mol. The fourth-order valence-corrected chi connectivity index (χ4v) is 3.03. The van der Waals surface area contributed by atoms with Crippen LogP contribution in [0.4, 0.5) is 0 Å². The number of pyridine rings is 2. The van der Waals surface area contributed by atoms with E-state index in [9.17, 15) is 4.79 Å². The first-order valence-electron chi connectivity index (χ1n) is 8.30. The van der Waals surface area contributed by atoms with Gasteiger partial charge in [-0.1, -0.05) is 49.7 Å². The summed E-state index contributed by atoms with van der Waals surface area (Å²) in [7, 11) is 0. The largest absolute Gasteiger partial charge is 0.344 e. The quantitative estimate of drug-likeness (QED) is 0.716. The van der Waals surface area contributed by atoms with Gasteiger partial charge in [0, 0.05) is 17.8 Å². The summed E-state index contributed by atoms with van der Waals surface area (Å²) in [4.78, 5) is 21.3. The Morgan fingerprint density at radius 3 is 2.72 bits per heavy atom. The maximum atomic E-state index is 12.7. The van der Waals surface area contributed by atoms with E-state index in [1.165, 1.54) is 0 Å². The average molecular weight is 354 g/mol. The van der Waals surface area contributed by atoms with E-state index in [1.807, 2.05) is 30.3 Å². The second-order valence-electron chi connectivity index (χ2n) is 6.45. The van der Waals surface area contributed by atoms with Crippen molar-refractivity contribution in [3.05, 3.63) is 71.1 Å². The maximum absolute atomic E-state index is 12.7. The summed E-state index contributed by atoms with van der Waals surface area (Å²) in [6.07, 6.45) is 4.34. The van der Waals surface area contributed by atoms with Crippen molar-refractivity contribution in [2.45, 2.75) is 26.3 Å². The van der Waals surface area contributed by atoms with Gasteiger partial charge in [0.05, 0.1) is 16.6 Å². The van der Waals surface area contributed by atoms with Gasteiger partial charge < -0.3 is 5.32 Å². The molecule has 0 aliphatic heterocycles. The van der Waals surface area contributed by atoms with Crippen LogP contribution in [-0.2, 0) is 0 Å². The Bertz CT molecular complexity index is 881. The molecule has 0 aliphatic carbocycles. The highest BCUT2D eigenvalue weighted by atomic mass is 35.5. The average Bonchev–Trinajstić information content (AvgIpc) is 2.61. The molecule has 128 valence electrons. The standard InChI is InChI=1S/C20H20ClN3O/c1-13(2)11-18(15-6-4-10-22-12-15)24-20(25)17-9-8-14-5-3-7-16(21)19(14)23-17/h3-10,12-13,18H,11H2,1-2H3,(H,24,25). The SMILES string of the molecule is CC(C)CC(NC(=O)c1ccc2cccc(Cl)c2n1)c1cccnc1. The van der Waals surface area contributed by atoms with Crippen LogP contribution >= 0.6 is 11.6 Å². The van der Waals surface area contributed by atoms with Crippen LogP contribution in [-0.4, -0.2) is 15.9 Å². The van der Waals surface area contributed by atoms with E-state index in [-0.39, 0.29) is 11.9 Å².